The Morgan fingerprint density at radius 3 is 2.58 bits per heavy atom. The molecule has 3 heterocycles. The molecule has 186 valence electrons. The number of fused-ring (bicyclic) bond motifs is 1. The lowest BCUT2D eigenvalue weighted by atomic mass is 10.0. The molecule has 0 saturated carbocycles. The maximum Gasteiger partial charge on any atom is 0.338 e. The number of hydrogen-bond acceptors (Lipinski definition) is 10. The zero-order valence-corrected chi connectivity index (χ0v) is 18.6. The molecule has 2 N–H and O–H groups in total. The van der Waals surface area contributed by atoms with Gasteiger partial charge in [-0.25, -0.2) is 9.59 Å². The van der Waals surface area contributed by atoms with Crippen molar-refractivity contribution in [3.8, 4) is 0 Å². The first-order valence-corrected chi connectivity index (χ1v) is 10.5. The van der Waals surface area contributed by atoms with Crippen LogP contribution in [-0.4, -0.2) is 59.4 Å². The number of furan rings is 1. The Balaban J connectivity index is 1.53. The number of nitro groups is 1. The molecule has 36 heavy (non-hydrogen) atoms. The van der Waals surface area contributed by atoms with Gasteiger partial charge >= 0.3 is 18.0 Å². The maximum atomic E-state index is 12.7. The molecular formula is C22H18N4O10. The second-order valence-electron chi connectivity index (χ2n) is 7.47. The van der Waals surface area contributed by atoms with E-state index in [4.69, 9.17) is 13.9 Å². The number of nitro benzene ring substituents is 1. The molecule has 0 radical (unpaired) electrons. The number of esters is 2. The molecular weight excluding hydrogens is 480 g/mol. The molecule has 14 nitrogen and oxygen atoms in total. The first kappa shape index (κ1) is 24.1. The maximum absolute atomic E-state index is 12.7. The van der Waals surface area contributed by atoms with Crippen molar-refractivity contribution in [1.82, 2.24) is 15.5 Å². The summed E-state index contributed by atoms with van der Waals surface area (Å²) in [5.74, 6) is -3.55. The van der Waals surface area contributed by atoms with E-state index in [-0.39, 0.29) is 29.2 Å². The third kappa shape index (κ3) is 4.38. The van der Waals surface area contributed by atoms with Gasteiger partial charge in [0, 0.05) is 6.07 Å². The molecule has 0 fully saturated rings. The smallest absolute Gasteiger partial charge is 0.338 e. The predicted molar refractivity (Wildman–Crippen MR) is 116 cm³/mol. The summed E-state index contributed by atoms with van der Waals surface area (Å²) in [4.78, 5) is 73.5. The molecule has 14 heteroatoms. The monoisotopic (exact) mass is 498 g/mol. The lowest BCUT2D eigenvalue weighted by Crippen LogP contribution is -2.47. The molecule has 1 unspecified atom stereocenters. The van der Waals surface area contributed by atoms with E-state index in [1.54, 1.807) is 13.0 Å². The first-order valence-electron chi connectivity index (χ1n) is 10.5. The lowest BCUT2D eigenvalue weighted by molar-refractivity contribution is -0.385. The fourth-order valence-corrected chi connectivity index (χ4v) is 3.79. The Bertz CT molecular complexity index is 1310. The summed E-state index contributed by atoms with van der Waals surface area (Å²) in [5, 5.41) is 16.1. The van der Waals surface area contributed by atoms with Gasteiger partial charge in [0.1, 0.15) is 30.5 Å². The largest absolute Gasteiger partial charge is 0.467 e. The van der Waals surface area contributed by atoms with Crippen molar-refractivity contribution >= 4 is 35.5 Å². The second-order valence-corrected chi connectivity index (χ2v) is 7.47. The first-order chi connectivity index (χ1) is 17.2. The van der Waals surface area contributed by atoms with Gasteiger partial charge in [-0.3, -0.25) is 29.4 Å². The number of hydrogen-bond donors (Lipinski definition) is 2. The number of imide groups is 1. The molecule has 1 atom stereocenters. The molecule has 2 aromatic rings. The third-order valence-corrected chi connectivity index (χ3v) is 5.32. The summed E-state index contributed by atoms with van der Waals surface area (Å²) in [6.07, 6.45) is 1.35. The average Bonchev–Trinajstić information content (AvgIpc) is 3.46. The summed E-state index contributed by atoms with van der Waals surface area (Å²) in [6.45, 7) is 0.154. The second kappa shape index (κ2) is 9.69. The number of ether oxygens (including phenoxy) is 2. The average molecular weight is 498 g/mol. The van der Waals surface area contributed by atoms with Gasteiger partial charge in [-0.1, -0.05) is 6.07 Å². The Morgan fingerprint density at radius 1 is 1.14 bits per heavy atom. The van der Waals surface area contributed by atoms with Crippen LogP contribution in [0.15, 0.2) is 52.3 Å². The minimum absolute atomic E-state index is 0.0279. The van der Waals surface area contributed by atoms with Crippen LogP contribution in [-0.2, 0) is 19.1 Å². The van der Waals surface area contributed by atoms with Crippen LogP contribution in [0.1, 0.15) is 39.4 Å². The molecule has 2 aliphatic heterocycles. The molecule has 0 bridgehead atoms. The van der Waals surface area contributed by atoms with Crippen LogP contribution in [0.25, 0.3) is 0 Å². The molecule has 4 rings (SSSR count). The third-order valence-electron chi connectivity index (χ3n) is 5.32. The number of carbonyl (C=O) groups is 5. The van der Waals surface area contributed by atoms with Crippen LogP contribution in [0.2, 0.25) is 0 Å². The van der Waals surface area contributed by atoms with Crippen LogP contribution in [0.5, 0.6) is 0 Å². The number of nitrogens with one attached hydrogen (secondary N) is 2. The fourth-order valence-electron chi connectivity index (χ4n) is 3.79. The van der Waals surface area contributed by atoms with Crippen molar-refractivity contribution in [2.75, 3.05) is 19.8 Å². The van der Waals surface area contributed by atoms with Crippen molar-refractivity contribution in [2.24, 2.45) is 0 Å². The van der Waals surface area contributed by atoms with E-state index in [1.807, 2.05) is 0 Å². The van der Waals surface area contributed by atoms with Crippen molar-refractivity contribution in [1.29, 1.82) is 0 Å². The van der Waals surface area contributed by atoms with Crippen molar-refractivity contribution < 1.29 is 42.8 Å². The highest BCUT2D eigenvalue weighted by Crippen LogP contribution is 2.31. The van der Waals surface area contributed by atoms with E-state index in [1.165, 1.54) is 24.5 Å². The zero-order chi connectivity index (χ0) is 26.0. The van der Waals surface area contributed by atoms with Gasteiger partial charge in [0.05, 0.1) is 34.6 Å². The van der Waals surface area contributed by atoms with Crippen LogP contribution in [0, 0.1) is 10.1 Å². The molecule has 0 spiro atoms. The molecule has 0 aliphatic carbocycles. The summed E-state index contributed by atoms with van der Waals surface area (Å²) in [7, 11) is 0. The molecule has 1 aromatic heterocycles. The Kier molecular flexibility index (Phi) is 6.50. The van der Waals surface area contributed by atoms with Crippen molar-refractivity contribution in [2.45, 2.75) is 13.0 Å². The van der Waals surface area contributed by atoms with Crippen molar-refractivity contribution in [3.05, 3.63) is 74.9 Å². The van der Waals surface area contributed by atoms with Crippen LogP contribution >= 0.6 is 0 Å². The normalized spacial score (nSPS) is 16.9. The number of benzene rings is 1. The lowest BCUT2D eigenvalue weighted by Gasteiger charge is -2.27. The highest BCUT2D eigenvalue weighted by Gasteiger charge is 2.42. The Labute approximate surface area is 202 Å². The van der Waals surface area contributed by atoms with Crippen molar-refractivity contribution in [3.63, 3.8) is 0 Å². The van der Waals surface area contributed by atoms with Gasteiger partial charge in [-0.2, -0.15) is 0 Å². The van der Waals surface area contributed by atoms with Crippen LogP contribution in [0.4, 0.5) is 10.5 Å². The molecule has 0 saturated heterocycles. The van der Waals surface area contributed by atoms with Gasteiger partial charge in [0.15, 0.2) is 0 Å². The summed E-state index contributed by atoms with van der Waals surface area (Å²) in [5.41, 5.74) is -1.35. The summed E-state index contributed by atoms with van der Waals surface area (Å²) in [6, 6.07) is 4.91. The minimum atomic E-state index is -1.06. The topological polar surface area (TPSA) is 187 Å². The van der Waals surface area contributed by atoms with Gasteiger partial charge in [-0.15, -0.1) is 0 Å². The zero-order valence-electron chi connectivity index (χ0n) is 18.6. The highest BCUT2D eigenvalue weighted by molar-refractivity contribution is 6.24. The minimum Gasteiger partial charge on any atom is -0.467 e. The number of amides is 4. The van der Waals surface area contributed by atoms with Gasteiger partial charge in [0.2, 0.25) is 0 Å². The van der Waals surface area contributed by atoms with E-state index < -0.39 is 65.2 Å². The number of nitrogens with zero attached hydrogens (tertiary/aromatic N) is 2. The molecule has 4 amide bonds. The van der Waals surface area contributed by atoms with Crippen LogP contribution in [0.3, 0.4) is 0 Å². The standard InChI is InChI=1S/C22H18N4O10/c1-2-34-21(30)17-12(23-22(31)24-18(17)14-7-4-8-35-14)10-36-15(27)9-25-19(28)11-5-3-6-13(26(32)33)16(11)20(25)29/h3-8,18H,2,9-10H2,1H3,(H2,23,24,31). The van der Waals surface area contributed by atoms with E-state index in [0.29, 0.717) is 4.90 Å². The van der Waals surface area contributed by atoms with E-state index in [2.05, 4.69) is 10.6 Å². The quantitative estimate of drug-likeness (QED) is 0.232. The van der Waals surface area contributed by atoms with E-state index in [0.717, 1.165) is 6.07 Å². The number of rotatable bonds is 8. The fraction of sp³-hybridized carbons (Fsp3) is 0.227. The Hall–Kier alpha value is -5.01. The summed E-state index contributed by atoms with van der Waals surface area (Å²) >= 11 is 0. The van der Waals surface area contributed by atoms with Gasteiger partial charge < -0.3 is 24.5 Å². The van der Waals surface area contributed by atoms with E-state index in [9.17, 15) is 34.1 Å². The molecule has 2 aliphatic rings. The Morgan fingerprint density at radius 2 is 1.92 bits per heavy atom. The number of carbonyl (C=O) groups excluding carboxylic acids is 5. The van der Waals surface area contributed by atoms with Crippen LogP contribution < -0.4 is 10.6 Å². The van der Waals surface area contributed by atoms with Gasteiger partial charge in [0.25, 0.3) is 17.5 Å². The number of urea groups is 1. The molecule has 1 aromatic carbocycles. The SMILES string of the molecule is CCOC(=O)C1=C(COC(=O)CN2C(=O)c3cccc([N+](=O)[O-])c3C2=O)NC(=O)NC1c1ccco1. The van der Waals surface area contributed by atoms with E-state index >= 15 is 0 Å². The summed E-state index contributed by atoms with van der Waals surface area (Å²) < 4.78 is 15.5. The predicted octanol–water partition coefficient (Wildman–Crippen LogP) is 1.20. The van der Waals surface area contributed by atoms with Gasteiger partial charge in [-0.05, 0) is 25.1 Å². The highest BCUT2D eigenvalue weighted by atomic mass is 16.6.